The van der Waals surface area contributed by atoms with Crippen LogP contribution in [0, 0.1) is 0 Å². The van der Waals surface area contributed by atoms with Crippen LogP contribution in [-0.2, 0) is 0 Å². The van der Waals surface area contributed by atoms with Gasteiger partial charge in [-0.2, -0.15) is 0 Å². The lowest BCUT2D eigenvalue weighted by Gasteiger charge is -2.19. The predicted molar refractivity (Wildman–Crippen MR) is 58.2 cm³/mol. The minimum Gasteiger partial charge on any atom is -0.495 e. The van der Waals surface area contributed by atoms with Gasteiger partial charge in [-0.1, -0.05) is 12.1 Å². The van der Waals surface area contributed by atoms with E-state index in [0.29, 0.717) is 5.11 Å². The maximum absolute atomic E-state index is 5.49. The summed E-state index contributed by atoms with van der Waals surface area (Å²) in [6, 6.07) is 7.57. The van der Waals surface area contributed by atoms with Gasteiger partial charge in [-0.25, -0.2) is 0 Å². The number of methoxy groups -OCH3 is 1. The Labute approximate surface area is 83.1 Å². The average molecular weight is 196 g/mol. The standard InChI is InChI=1S/C9H12N2OS/c1-11(9(10)13)7-5-3-4-6-8(7)12-2/h3-6H,1-2H3,(H2,10,13). The summed E-state index contributed by atoms with van der Waals surface area (Å²) in [4.78, 5) is 1.70. The molecule has 0 spiro atoms. The number of hydrogen-bond acceptors (Lipinski definition) is 2. The van der Waals surface area contributed by atoms with Crippen molar-refractivity contribution in [2.75, 3.05) is 19.1 Å². The molecule has 0 bridgehead atoms. The molecule has 2 N–H and O–H groups in total. The highest BCUT2D eigenvalue weighted by Crippen LogP contribution is 2.26. The molecule has 0 heterocycles. The van der Waals surface area contributed by atoms with Crippen LogP contribution < -0.4 is 15.4 Å². The van der Waals surface area contributed by atoms with E-state index in [1.807, 2.05) is 24.3 Å². The maximum Gasteiger partial charge on any atom is 0.170 e. The summed E-state index contributed by atoms with van der Waals surface area (Å²) in [5, 5.41) is 0.324. The quantitative estimate of drug-likeness (QED) is 0.725. The zero-order valence-corrected chi connectivity index (χ0v) is 8.47. The molecule has 13 heavy (non-hydrogen) atoms. The van der Waals surface area contributed by atoms with Gasteiger partial charge in [0.1, 0.15) is 5.75 Å². The third-order valence-corrected chi connectivity index (χ3v) is 2.05. The third-order valence-electron chi connectivity index (χ3n) is 1.78. The first-order valence-electron chi connectivity index (χ1n) is 3.83. The van der Waals surface area contributed by atoms with Gasteiger partial charge in [-0.15, -0.1) is 0 Å². The Balaban J connectivity index is 3.05. The molecule has 0 aliphatic heterocycles. The van der Waals surface area contributed by atoms with Crippen molar-refractivity contribution >= 4 is 23.0 Å². The highest BCUT2D eigenvalue weighted by molar-refractivity contribution is 7.80. The van der Waals surface area contributed by atoms with Crippen LogP contribution in [-0.4, -0.2) is 19.3 Å². The van der Waals surface area contributed by atoms with Crippen molar-refractivity contribution < 1.29 is 4.74 Å². The number of thiocarbonyl (C=S) groups is 1. The number of ether oxygens (including phenoxy) is 1. The SMILES string of the molecule is COc1ccccc1N(C)C(N)=S. The number of nitrogens with zero attached hydrogens (tertiary/aromatic N) is 1. The molecule has 0 aliphatic rings. The smallest absolute Gasteiger partial charge is 0.170 e. The Kier molecular flexibility index (Phi) is 3.08. The van der Waals surface area contributed by atoms with Crippen molar-refractivity contribution in [3.63, 3.8) is 0 Å². The molecule has 0 fully saturated rings. The number of hydrogen-bond donors (Lipinski definition) is 1. The molecule has 0 unspecified atom stereocenters. The molecular weight excluding hydrogens is 184 g/mol. The Morgan fingerprint density at radius 2 is 2.08 bits per heavy atom. The van der Waals surface area contributed by atoms with Crippen LogP contribution in [0.3, 0.4) is 0 Å². The van der Waals surface area contributed by atoms with Crippen LogP contribution in [0.2, 0.25) is 0 Å². The molecule has 3 nitrogen and oxygen atoms in total. The summed E-state index contributed by atoms with van der Waals surface area (Å²) < 4.78 is 5.16. The van der Waals surface area contributed by atoms with Crippen LogP contribution >= 0.6 is 12.2 Å². The zero-order chi connectivity index (χ0) is 9.84. The highest BCUT2D eigenvalue weighted by atomic mass is 32.1. The van der Waals surface area contributed by atoms with Gasteiger partial charge >= 0.3 is 0 Å². The fourth-order valence-electron chi connectivity index (χ4n) is 1.03. The summed E-state index contributed by atoms with van der Waals surface area (Å²) >= 11 is 4.86. The molecule has 1 rings (SSSR count). The van der Waals surface area contributed by atoms with E-state index in [9.17, 15) is 0 Å². The number of para-hydroxylation sites is 2. The minimum atomic E-state index is 0.324. The van der Waals surface area contributed by atoms with Crippen molar-refractivity contribution in [2.24, 2.45) is 5.73 Å². The zero-order valence-electron chi connectivity index (χ0n) is 7.65. The molecule has 0 saturated carbocycles. The van der Waals surface area contributed by atoms with E-state index in [2.05, 4.69) is 0 Å². The van der Waals surface area contributed by atoms with E-state index in [0.717, 1.165) is 11.4 Å². The number of rotatable bonds is 2. The highest BCUT2D eigenvalue weighted by Gasteiger charge is 2.07. The fourth-order valence-corrected chi connectivity index (χ4v) is 1.12. The largest absolute Gasteiger partial charge is 0.495 e. The Morgan fingerprint density at radius 1 is 1.46 bits per heavy atom. The van der Waals surface area contributed by atoms with Crippen LogP contribution in [0.25, 0.3) is 0 Å². The second-order valence-electron chi connectivity index (χ2n) is 2.57. The van der Waals surface area contributed by atoms with Crippen LogP contribution in [0.4, 0.5) is 5.69 Å². The predicted octanol–water partition coefficient (Wildman–Crippen LogP) is 1.38. The van der Waals surface area contributed by atoms with Gasteiger partial charge in [0.15, 0.2) is 5.11 Å². The summed E-state index contributed by atoms with van der Waals surface area (Å²) in [5.74, 6) is 0.762. The molecule has 0 saturated heterocycles. The van der Waals surface area contributed by atoms with E-state index in [1.54, 1.807) is 19.1 Å². The topological polar surface area (TPSA) is 38.5 Å². The van der Waals surface area contributed by atoms with Gasteiger partial charge in [-0.3, -0.25) is 0 Å². The second kappa shape index (κ2) is 4.09. The van der Waals surface area contributed by atoms with E-state index >= 15 is 0 Å². The minimum absolute atomic E-state index is 0.324. The summed E-state index contributed by atoms with van der Waals surface area (Å²) in [6.45, 7) is 0. The van der Waals surface area contributed by atoms with E-state index < -0.39 is 0 Å². The Bertz CT molecular complexity index is 314. The molecule has 1 aromatic carbocycles. The normalized spacial score (nSPS) is 9.38. The first-order valence-corrected chi connectivity index (χ1v) is 4.24. The number of benzene rings is 1. The molecule has 70 valence electrons. The van der Waals surface area contributed by atoms with Crippen molar-refractivity contribution in [3.05, 3.63) is 24.3 Å². The number of anilines is 1. The van der Waals surface area contributed by atoms with Gasteiger partial charge in [0.05, 0.1) is 12.8 Å². The van der Waals surface area contributed by atoms with Crippen molar-refractivity contribution in [1.82, 2.24) is 0 Å². The van der Waals surface area contributed by atoms with Gasteiger partial charge in [0.2, 0.25) is 0 Å². The van der Waals surface area contributed by atoms with Crippen LogP contribution in [0.5, 0.6) is 5.75 Å². The third kappa shape index (κ3) is 2.09. The van der Waals surface area contributed by atoms with Crippen molar-refractivity contribution in [1.29, 1.82) is 0 Å². The monoisotopic (exact) mass is 196 g/mol. The lowest BCUT2D eigenvalue weighted by Crippen LogP contribution is -2.31. The molecule has 0 radical (unpaired) electrons. The molecule has 0 atom stereocenters. The summed E-state index contributed by atoms with van der Waals surface area (Å²) in [7, 11) is 3.42. The van der Waals surface area contributed by atoms with Gasteiger partial charge in [-0.05, 0) is 24.4 Å². The van der Waals surface area contributed by atoms with Crippen LogP contribution in [0.15, 0.2) is 24.3 Å². The van der Waals surface area contributed by atoms with Crippen molar-refractivity contribution in [3.8, 4) is 5.75 Å². The Hall–Kier alpha value is -1.29. The first kappa shape index (κ1) is 9.80. The lowest BCUT2D eigenvalue weighted by atomic mass is 10.3. The fraction of sp³-hybridized carbons (Fsp3) is 0.222. The van der Waals surface area contributed by atoms with Crippen LogP contribution in [0.1, 0.15) is 0 Å². The van der Waals surface area contributed by atoms with E-state index in [1.165, 1.54) is 0 Å². The van der Waals surface area contributed by atoms with Gasteiger partial charge in [0.25, 0.3) is 0 Å². The molecule has 4 heteroatoms. The van der Waals surface area contributed by atoms with Crippen molar-refractivity contribution in [2.45, 2.75) is 0 Å². The second-order valence-corrected chi connectivity index (χ2v) is 2.99. The molecule has 0 aromatic heterocycles. The lowest BCUT2D eigenvalue weighted by molar-refractivity contribution is 0.416. The van der Waals surface area contributed by atoms with Gasteiger partial charge < -0.3 is 15.4 Å². The first-order chi connectivity index (χ1) is 6.16. The van der Waals surface area contributed by atoms with E-state index in [-0.39, 0.29) is 0 Å². The maximum atomic E-state index is 5.49. The molecule has 1 aromatic rings. The van der Waals surface area contributed by atoms with E-state index in [4.69, 9.17) is 22.7 Å². The molecular formula is C9H12N2OS. The average Bonchev–Trinajstić information content (AvgIpc) is 2.16. The summed E-state index contributed by atoms with van der Waals surface area (Å²) in [5.41, 5.74) is 6.37. The summed E-state index contributed by atoms with van der Waals surface area (Å²) in [6.07, 6.45) is 0. The Morgan fingerprint density at radius 3 is 2.62 bits per heavy atom. The molecule has 0 aliphatic carbocycles. The molecule has 0 amide bonds. The number of nitrogens with two attached hydrogens (primary N) is 1. The van der Waals surface area contributed by atoms with Gasteiger partial charge in [0, 0.05) is 7.05 Å².